The number of nitrogens with zero attached hydrogens (tertiary/aromatic N) is 1. The number of hydrogen-bond donors (Lipinski definition) is 1. The van der Waals surface area contributed by atoms with Crippen LogP contribution < -0.4 is 5.73 Å². The average Bonchev–Trinajstić information content (AvgIpc) is 2.64. The lowest BCUT2D eigenvalue weighted by Crippen LogP contribution is -2.43. The summed E-state index contributed by atoms with van der Waals surface area (Å²) in [5, 5.41) is 0. The number of likely N-dealkylation sites (tertiary alicyclic amines) is 1. The summed E-state index contributed by atoms with van der Waals surface area (Å²) in [6.07, 6.45) is 9.75. The molecule has 0 aromatic rings. The van der Waals surface area contributed by atoms with Crippen LogP contribution in [0.1, 0.15) is 58.8 Å². The van der Waals surface area contributed by atoms with Crippen LogP contribution in [0.25, 0.3) is 0 Å². The van der Waals surface area contributed by atoms with E-state index in [1.807, 2.05) is 0 Å². The highest BCUT2D eigenvalue weighted by Crippen LogP contribution is 2.36. The van der Waals surface area contributed by atoms with Gasteiger partial charge in [0.15, 0.2) is 0 Å². The number of hydrogen-bond acceptors (Lipinski definition) is 2. The topological polar surface area (TPSA) is 29.3 Å². The van der Waals surface area contributed by atoms with Crippen LogP contribution in [0.4, 0.5) is 0 Å². The first kappa shape index (κ1) is 12.4. The molecular weight excluding hydrogens is 196 g/mol. The zero-order chi connectivity index (χ0) is 11.6. The molecule has 0 bridgehead atoms. The molecule has 2 heteroatoms. The van der Waals surface area contributed by atoms with Gasteiger partial charge in [-0.3, -0.25) is 0 Å². The molecule has 0 spiro atoms. The molecule has 1 saturated carbocycles. The van der Waals surface area contributed by atoms with Crippen molar-refractivity contribution in [3.63, 3.8) is 0 Å². The summed E-state index contributed by atoms with van der Waals surface area (Å²) >= 11 is 0. The molecule has 2 atom stereocenters. The highest BCUT2D eigenvalue weighted by Gasteiger charge is 2.34. The van der Waals surface area contributed by atoms with Crippen molar-refractivity contribution in [2.24, 2.45) is 11.7 Å². The van der Waals surface area contributed by atoms with Crippen molar-refractivity contribution in [2.45, 2.75) is 70.4 Å². The Kier molecular flexibility index (Phi) is 3.91. The lowest BCUT2D eigenvalue weighted by Gasteiger charge is -2.38. The molecule has 94 valence electrons. The summed E-state index contributed by atoms with van der Waals surface area (Å²) in [5.41, 5.74) is 6.06. The molecule has 2 aliphatic rings. The molecule has 16 heavy (non-hydrogen) atoms. The molecule has 0 radical (unpaired) electrons. The first-order chi connectivity index (χ1) is 7.56. The van der Waals surface area contributed by atoms with E-state index < -0.39 is 0 Å². The van der Waals surface area contributed by atoms with E-state index in [1.165, 1.54) is 51.6 Å². The van der Waals surface area contributed by atoms with Gasteiger partial charge in [0, 0.05) is 11.6 Å². The summed E-state index contributed by atoms with van der Waals surface area (Å²) in [7, 11) is 0. The summed E-state index contributed by atoms with van der Waals surface area (Å²) in [6.45, 7) is 6.90. The van der Waals surface area contributed by atoms with Crippen LogP contribution in [0.5, 0.6) is 0 Å². The summed E-state index contributed by atoms with van der Waals surface area (Å²) in [4.78, 5) is 2.76. The highest BCUT2D eigenvalue weighted by atomic mass is 15.2. The van der Waals surface area contributed by atoms with Crippen LogP contribution >= 0.6 is 0 Å². The minimum absolute atomic E-state index is 0.0187. The zero-order valence-electron chi connectivity index (χ0n) is 11.0. The fourth-order valence-electron chi connectivity index (χ4n) is 3.57. The predicted octanol–water partition coefficient (Wildman–Crippen LogP) is 2.77. The van der Waals surface area contributed by atoms with Crippen molar-refractivity contribution in [2.75, 3.05) is 13.1 Å². The van der Waals surface area contributed by atoms with E-state index in [1.54, 1.807) is 0 Å². The quantitative estimate of drug-likeness (QED) is 0.795. The predicted molar refractivity (Wildman–Crippen MR) is 69.4 cm³/mol. The van der Waals surface area contributed by atoms with E-state index in [-0.39, 0.29) is 5.54 Å². The largest absolute Gasteiger partial charge is 0.326 e. The van der Waals surface area contributed by atoms with E-state index in [0.29, 0.717) is 0 Å². The van der Waals surface area contributed by atoms with Crippen molar-refractivity contribution in [1.82, 2.24) is 4.90 Å². The minimum Gasteiger partial charge on any atom is -0.326 e. The van der Waals surface area contributed by atoms with Gasteiger partial charge in [-0.15, -0.1) is 0 Å². The van der Waals surface area contributed by atoms with Crippen molar-refractivity contribution in [3.8, 4) is 0 Å². The van der Waals surface area contributed by atoms with Crippen LogP contribution in [0, 0.1) is 5.92 Å². The van der Waals surface area contributed by atoms with Crippen molar-refractivity contribution in [3.05, 3.63) is 0 Å². The molecule has 0 aromatic heterocycles. The fraction of sp³-hybridized carbons (Fsp3) is 1.00. The average molecular weight is 224 g/mol. The summed E-state index contributed by atoms with van der Waals surface area (Å²) in [5.74, 6) is 1.03. The maximum absolute atomic E-state index is 6.04. The third-order valence-corrected chi connectivity index (χ3v) is 4.37. The maximum atomic E-state index is 6.04. The van der Waals surface area contributed by atoms with Crippen molar-refractivity contribution >= 4 is 0 Å². The van der Waals surface area contributed by atoms with Gasteiger partial charge in [0.2, 0.25) is 0 Å². The molecule has 0 amide bonds. The van der Waals surface area contributed by atoms with E-state index >= 15 is 0 Å². The van der Waals surface area contributed by atoms with E-state index in [2.05, 4.69) is 18.7 Å². The Morgan fingerprint density at radius 2 is 1.94 bits per heavy atom. The fourth-order valence-corrected chi connectivity index (χ4v) is 3.57. The van der Waals surface area contributed by atoms with Gasteiger partial charge < -0.3 is 10.6 Å². The van der Waals surface area contributed by atoms with Gasteiger partial charge in [-0.25, -0.2) is 0 Å². The summed E-state index contributed by atoms with van der Waals surface area (Å²) < 4.78 is 0. The number of fused-ring (bicyclic) bond motifs is 1. The standard InChI is InChI=1S/C14H28N2/c1-14(2,15)9-5-11-16-10-4-7-12-6-3-8-13(12)16/h12-13H,3-11,15H2,1-2H3. The first-order valence-electron chi connectivity index (χ1n) is 7.09. The molecular formula is C14H28N2. The third kappa shape index (κ3) is 3.21. The van der Waals surface area contributed by atoms with Gasteiger partial charge in [0.05, 0.1) is 0 Å². The Balaban J connectivity index is 1.76. The second kappa shape index (κ2) is 5.05. The first-order valence-corrected chi connectivity index (χ1v) is 7.09. The Morgan fingerprint density at radius 1 is 1.19 bits per heavy atom. The molecule has 2 unspecified atom stereocenters. The smallest absolute Gasteiger partial charge is 0.0123 e. The Labute approximate surface area is 101 Å². The van der Waals surface area contributed by atoms with Gasteiger partial charge in [0.1, 0.15) is 0 Å². The number of rotatable bonds is 4. The summed E-state index contributed by atoms with van der Waals surface area (Å²) in [6, 6.07) is 0.926. The van der Waals surface area contributed by atoms with Gasteiger partial charge in [-0.1, -0.05) is 6.42 Å². The molecule has 1 heterocycles. The molecule has 2 N–H and O–H groups in total. The zero-order valence-corrected chi connectivity index (χ0v) is 11.0. The normalized spacial score (nSPS) is 31.7. The van der Waals surface area contributed by atoms with E-state index in [0.717, 1.165) is 18.4 Å². The lowest BCUT2D eigenvalue weighted by molar-refractivity contribution is 0.109. The third-order valence-electron chi connectivity index (χ3n) is 4.37. The Hall–Kier alpha value is -0.0800. The van der Waals surface area contributed by atoms with E-state index in [9.17, 15) is 0 Å². The Morgan fingerprint density at radius 3 is 2.69 bits per heavy atom. The molecule has 2 nitrogen and oxygen atoms in total. The second-order valence-electron chi connectivity index (χ2n) is 6.53. The highest BCUT2D eigenvalue weighted by molar-refractivity contribution is 4.89. The maximum Gasteiger partial charge on any atom is 0.0123 e. The van der Waals surface area contributed by atoms with Gasteiger partial charge in [-0.05, 0) is 71.4 Å². The van der Waals surface area contributed by atoms with Gasteiger partial charge in [-0.2, -0.15) is 0 Å². The molecule has 2 rings (SSSR count). The Bertz CT molecular complexity index is 219. The lowest BCUT2D eigenvalue weighted by atomic mass is 9.91. The van der Waals surface area contributed by atoms with Crippen LogP contribution in [0.2, 0.25) is 0 Å². The SMILES string of the molecule is CC(C)(N)CCCN1CCCC2CCCC21. The van der Waals surface area contributed by atoms with Gasteiger partial charge in [0.25, 0.3) is 0 Å². The van der Waals surface area contributed by atoms with Crippen molar-refractivity contribution < 1.29 is 0 Å². The minimum atomic E-state index is 0.0187. The number of piperidine rings is 1. The molecule has 0 aromatic carbocycles. The van der Waals surface area contributed by atoms with Crippen LogP contribution in [0.3, 0.4) is 0 Å². The second-order valence-corrected chi connectivity index (χ2v) is 6.53. The molecule has 1 aliphatic carbocycles. The molecule has 1 saturated heterocycles. The monoisotopic (exact) mass is 224 g/mol. The molecule has 1 aliphatic heterocycles. The number of nitrogens with two attached hydrogens (primary N) is 1. The van der Waals surface area contributed by atoms with Crippen molar-refractivity contribution in [1.29, 1.82) is 0 Å². The van der Waals surface area contributed by atoms with Crippen LogP contribution in [-0.2, 0) is 0 Å². The van der Waals surface area contributed by atoms with E-state index in [4.69, 9.17) is 5.73 Å². The van der Waals surface area contributed by atoms with Crippen LogP contribution in [-0.4, -0.2) is 29.6 Å². The molecule has 2 fully saturated rings. The van der Waals surface area contributed by atoms with Gasteiger partial charge >= 0.3 is 0 Å². The van der Waals surface area contributed by atoms with Crippen LogP contribution in [0.15, 0.2) is 0 Å².